The Hall–Kier alpha value is -1.79. The van der Waals surface area contributed by atoms with Crippen molar-refractivity contribution in [3.8, 4) is 0 Å². The Kier molecular flexibility index (Phi) is 6.86. The second kappa shape index (κ2) is 7.47. The number of likely N-dealkylation sites (N-methyl/N-ethyl adjacent to an activating group) is 1. The molecule has 7 heteroatoms. The number of ether oxygens (including phenoxy) is 2. The zero-order valence-corrected chi connectivity index (χ0v) is 14.4. The maximum Gasteiger partial charge on any atom is 0.410 e. The Morgan fingerprint density at radius 3 is 1.82 bits per heavy atom. The molecule has 1 amide bonds. The standard InChI is InChI=1S/C15H27NO6/c1-14(2,3)21-12(19)10(8-9-11(17)18)16(7)13(20)22-15(4,5)6/h10H,8-9H2,1-7H3,(H,17,18)/t10-/m1/s1. The number of carbonyl (C=O) groups is 3. The highest BCUT2D eigenvalue weighted by Crippen LogP contribution is 2.17. The first-order valence-electron chi connectivity index (χ1n) is 7.13. The molecule has 0 heterocycles. The average molecular weight is 317 g/mol. The Morgan fingerprint density at radius 1 is 1.00 bits per heavy atom. The van der Waals surface area contributed by atoms with Gasteiger partial charge in [-0.2, -0.15) is 0 Å². The van der Waals surface area contributed by atoms with E-state index in [0.717, 1.165) is 4.90 Å². The van der Waals surface area contributed by atoms with E-state index in [1.807, 2.05) is 0 Å². The monoisotopic (exact) mass is 317 g/mol. The van der Waals surface area contributed by atoms with Crippen LogP contribution >= 0.6 is 0 Å². The molecule has 0 radical (unpaired) electrons. The summed E-state index contributed by atoms with van der Waals surface area (Å²) in [5.74, 6) is -1.70. The number of aliphatic carboxylic acids is 1. The Labute approximate surface area is 131 Å². The summed E-state index contributed by atoms with van der Waals surface area (Å²) in [6.45, 7) is 10.2. The molecule has 0 aromatic rings. The van der Waals surface area contributed by atoms with Gasteiger partial charge in [0.05, 0.1) is 0 Å². The summed E-state index contributed by atoms with van der Waals surface area (Å²) in [5, 5.41) is 8.80. The predicted molar refractivity (Wildman–Crippen MR) is 80.5 cm³/mol. The molecule has 1 atom stereocenters. The molecule has 0 aromatic heterocycles. The number of nitrogens with zero attached hydrogens (tertiary/aromatic N) is 1. The highest BCUT2D eigenvalue weighted by molar-refractivity contribution is 5.82. The highest BCUT2D eigenvalue weighted by Gasteiger charge is 2.33. The molecular weight excluding hydrogens is 290 g/mol. The van der Waals surface area contributed by atoms with Crippen LogP contribution in [-0.4, -0.2) is 52.3 Å². The molecule has 0 saturated heterocycles. The number of amides is 1. The zero-order valence-electron chi connectivity index (χ0n) is 14.4. The van der Waals surface area contributed by atoms with Gasteiger partial charge in [0.25, 0.3) is 0 Å². The molecule has 128 valence electrons. The highest BCUT2D eigenvalue weighted by atomic mass is 16.6. The van der Waals surface area contributed by atoms with Crippen LogP contribution in [-0.2, 0) is 19.1 Å². The summed E-state index contributed by atoms with van der Waals surface area (Å²) in [6, 6.07) is -1.01. The number of carboxylic acid groups (broad SMARTS) is 1. The molecule has 0 aliphatic carbocycles. The molecule has 0 unspecified atom stereocenters. The van der Waals surface area contributed by atoms with Gasteiger partial charge in [0.15, 0.2) is 0 Å². The van der Waals surface area contributed by atoms with Crippen molar-refractivity contribution < 1.29 is 29.0 Å². The summed E-state index contributed by atoms with van der Waals surface area (Å²) in [6.07, 6.45) is -0.995. The SMILES string of the molecule is CN(C(=O)OC(C)(C)C)[C@H](CCC(=O)O)C(=O)OC(C)(C)C. The van der Waals surface area contributed by atoms with Crippen LogP contribution in [0.2, 0.25) is 0 Å². The molecule has 0 aliphatic heterocycles. The number of hydrogen-bond acceptors (Lipinski definition) is 5. The molecule has 0 rings (SSSR count). The smallest absolute Gasteiger partial charge is 0.410 e. The van der Waals surface area contributed by atoms with Gasteiger partial charge in [-0.1, -0.05) is 0 Å². The first-order valence-corrected chi connectivity index (χ1v) is 7.13. The van der Waals surface area contributed by atoms with E-state index >= 15 is 0 Å². The third-order valence-corrected chi connectivity index (χ3v) is 2.46. The minimum absolute atomic E-state index is 0.0417. The van der Waals surface area contributed by atoms with E-state index in [2.05, 4.69) is 0 Å². The van der Waals surface area contributed by atoms with Crippen LogP contribution in [0.15, 0.2) is 0 Å². The molecule has 1 N–H and O–H groups in total. The minimum Gasteiger partial charge on any atom is -0.481 e. The van der Waals surface area contributed by atoms with Gasteiger partial charge in [-0.25, -0.2) is 9.59 Å². The van der Waals surface area contributed by atoms with Gasteiger partial charge in [0, 0.05) is 13.5 Å². The Morgan fingerprint density at radius 2 is 1.45 bits per heavy atom. The summed E-state index contributed by atoms with van der Waals surface area (Å²) < 4.78 is 10.5. The van der Waals surface area contributed by atoms with E-state index in [9.17, 15) is 14.4 Å². The molecule has 0 bridgehead atoms. The van der Waals surface area contributed by atoms with E-state index in [-0.39, 0.29) is 12.8 Å². The minimum atomic E-state index is -1.05. The Bertz CT molecular complexity index is 419. The van der Waals surface area contributed by atoms with Crippen LogP contribution in [0.3, 0.4) is 0 Å². The summed E-state index contributed by atoms with van der Waals surface area (Å²) in [5.41, 5.74) is -1.44. The number of carboxylic acids is 1. The molecule has 0 fully saturated rings. The molecule has 0 spiro atoms. The lowest BCUT2D eigenvalue weighted by atomic mass is 10.1. The van der Waals surface area contributed by atoms with Crippen molar-refractivity contribution in [2.45, 2.75) is 71.6 Å². The van der Waals surface area contributed by atoms with Gasteiger partial charge in [0.2, 0.25) is 0 Å². The van der Waals surface area contributed by atoms with Gasteiger partial charge in [-0.3, -0.25) is 9.69 Å². The van der Waals surface area contributed by atoms with Crippen molar-refractivity contribution in [2.24, 2.45) is 0 Å². The van der Waals surface area contributed by atoms with Crippen molar-refractivity contribution in [2.75, 3.05) is 7.05 Å². The second-order valence-electron chi connectivity index (χ2n) is 7.07. The van der Waals surface area contributed by atoms with Crippen LogP contribution in [0.4, 0.5) is 4.79 Å². The van der Waals surface area contributed by atoms with Crippen molar-refractivity contribution in [3.05, 3.63) is 0 Å². The van der Waals surface area contributed by atoms with Crippen molar-refractivity contribution >= 4 is 18.0 Å². The number of rotatable bonds is 5. The molecule has 7 nitrogen and oxygen atoms in total. The Balaban J connectivity index is 5.09. The van der Waals surface area contributed by atoms with Gasteiger partial charge in [-0.15, -0.1) is 0 Å². The summed E-state index contributed by atoms with van der Waals surface area (Å²) in [4.78, 5) is 36.1. The summed E-state index contributed by atoms with van der Waals surface area (Å²) >= 11 is 0. The first-order chi connectivity index (χ1) is 9.73. The van der Waals surface area contributed by atoms with Crippen molar-refractivity contribution in [1.82, 2.24) is 4.90 Å². The fourth-order valence-corrected chi connectivity index (χ4v) is 1.56. The van der Waals surface area contributed by atoms with Crippen LogP contribution < -0.4 is 0 Å². The maximum absolute atomic E-state index is 12.2. The third-order valence-electron chi connectivity index (χ3n) is 2.46. The fourth-order valence-electron chi connectivity index (χ4n) is 1.56. The number of hydrogen-bond donors (Lipinski definition) is 1. The fraction of sp³-hybridized carbons (Fsp3) is 0.800. The average Bonchev–Trinajstić information content (AvgIpc) is 2.23. The van der Waals surface area contributed by atoms with E-state index in [0.29, 0.717) is 0 Å². The lowest BCUT2D eigenvalue weighted by Gasteiger charge is -2.31. The van der Waals surface area contributed by atoms with Crippen molar-refractivity contribution in [3.63, 3.8) is 0 Å². The van der Waals surface area contributed by atoms with Gasteiger partial charge < -0.3 is 14.6 Å². The quantitative estimate of drug-likeness (QED) is 0.783. The van der Waals surface area contributed by atoms with Crippen LogP contribution in [0.25, 0.3) is 0 Å². The summed E-state index contributed by atoms with van der Waals surface area (Å²) in [7, 11) is 1.39. The van der Waals surface area contributed by atoms with Gasteiger partial charge in [0.1, 0.15) is 17.2 Å². The first kappa shape index (κ1) is 20.2. The normalized spacial score (nSPS) is 13.2. The second-order valence-corrected chi connectivity index (χ2v) is 7.07. The van der Waals surface area contributed by atoms with E-state index in [1.54, 1.807) is 41.5 Å². The topological polar surface area (TPSA) is 93.1 Å². The third kappa shape index (κ3) is 8.49. The van der Waals surface area contributed by atoms with Crippen molar-refractivity contribution in [1.29, 1.82) is 0 Å². The lowest BCUT2D eigenvalue weighted by Crippen LogP contribution is -2.47. The van der Waals surface area contributed by atoms with Crippen LogP contribution in [0.1, 0.15) is 54.4 Å². The maximum atomic E-state index is 12.2. The van der Waals surface area contributed by atoms with E-state index in [4.69, 9.17) is 14.6 Å². The molecule has 22 heavy (non-hydrogen) atoms. The molecule has 0 aliphatic rings. The van der Waals surface area contributed by atoms with Crippen LogP contribution in [0.5, 0.6) is 0 Å². The predicted octanol–water partition coefficient (Wildman–Crippen LogP) is 2.43. The lowest BCUT2D eigenvalue weighted by molar-refractivity contribution is -0.161. The zero-order chi connectivity index (χ0) is 17.7. The number of esters is 1. The van der Waals surface area contributed by atoms with E-state index in [1.165, 1.54) is 7.05 Å². The van der Waals surface area contributed by atoms with E-state index < -0.39 is 35.3 Å². The van der Waals surface area contributed by atoms with Crippen LogP contribution in [0, 0.1) is 0 Å². The molecule has 0 saturated carbocycles. The molecular formula is C15H27NO6. The van der Waals surface area contributed by atoms with Gasteiger partial charge >= 0.3 is 18.0 Å². The number of carbonyl (C=O) groups excluding carboxylic acids is 2. The largest absolute Gasteiger partial charge is 0.481 e. The van der Waals surface area contributed by atoms with Gasteiger partial charge in [-0.05, 0) is 48.0 Å². The molecule has 0 aromatic carbocycles.